The first-order valence-corrected chi connectivity index (χ1v) is 12.5. The largest absolute Gasteiger partial charge is 0.136 e. The van der Waals surface area contributed by atoms with Gasteiger partial charge in [0.25, 0.3) is 0 Å². The smallest absolute Gasteiger partial charge is 0.0305 e. The second-order valence-corrected chi connectivity index (χ2v) is 9.00. The van der Waals surface area contributed by atoms with Crippen LogP contribution in [0.4, 0.5) is 0 Å². The summed E-state index contributed by atoms with van der Waals surface area (Å²) in [6, 6.07) is 2.39. The maximum absolute atomic E-state index is 2.39. The minimum atomic E-state index is 1.24. The molecule has 0 amide bonds. The molecule has 0 nitrogen and oxygen atoms in total. The average Bonchev–Trinajstić information content (AvgIpc) is 3.04. The lowest BCUT2D eigenvalue weighted by Crippen LogP contribution is -1.87. The highest BCUT2D eigenvalue weighted by atomic mass is 32.1. The molecule has 0 saturated heterocycles. The molecule has 0 aliphatic rings. The van der Waals surface area contributed by atoms with Gasteiger partial charge in [0.15, 0.2) is 0 Å². The Morgan fingerprint density at radius 2 is 1.15 bits per heavy atom. The topological polar surface area (TPSA) is 0 Å². The van der Waals surface area contributed by atoms with Crippen LogP contribution < -0.4 is 0 Å². The second-order valence-electron chi connectivity index (χ2n) is 7.88. The van der Waals surface area contributed by atoms with Crippen LogP contribution in [0.2, 0.25) is 0 Å². The van der Waals surface area contributed by atoms with Gasteiger partial charge in [0.05, 0.1) is 0 Å². The van der Waals surface area contributed by atoms with Crippen molar-refractivity contribution in [1.82, 2.24) is 0 Å². The van der Waals surface area contributed by atoms with E-state index in [2.05, 4.69) is 51.1 Å². The van der Waals surface area contributed by atoms with Gasteiger partial charge in [-0.3, -0.25) is 0 Å². The number of hydrogen-bond donors (Lipinski definition) is 0. The molecule has 27 heavy (non-hydrogen) atoms. The van der Waals surface area contributed by atoms with Crippen LogP contribution in [-0.2, 0) is 6.42 Å². The molecule has 0 fully saturated rings. The zero-order valence-electron chi connectivity index (χ0n) is 18.4. The molecule has 1 aromatic heterocycles. The second kappa shape index (κ2) is 17.3. The van der Waals surface area contributed by atoms with Gasteiger partial charge in [-0.15, -0.1) is 11.3 Å². The molecule has 0 bridgehead atoms. The summed E-state index contributed by atoms with van der Waals surface area (Å²) >= 11 is 1.92. The van der Waals surface area contributed by atoms with Gasteiger partial charge >= 0.3 is 0 Å². The Morgan fingerprint density at radius 1 is 0.667 bits per heavy atom. The summed E-state index contributed by atoms with van der Waals surface area (Å²) in [4.78, 5) is 2.85. The van der Waals surface area contributed by atoms with E-state index in [9.17, 15) is 0 Å². The molecular formula is C26H44S. The maximum Gasteiger partial charge on any atom is 0.0305 e. The van der Waals surface area contributed by atoms with Crippen LogP contribution in [0.3, 0.4) is 0 Å². The molecule has 1 rings (SSSR count). The summed E-state index contributed by atoms with van der Waals surface area (Å²) in [6.07, 6.45) is 30.1. The fourth-order valence-corrected chi connectivity index (χ4v) is 4.86. The predicted molar refractivity (Wildman–Crippen MR) is 128 cm³/mol. The summed E-state index contributed by atoms with van der Waals surface area (Å²) in [5.41, 5.74) is 1.55. The molecule has 0 aliphatic carbocycles. The van der Waals surface area contributed by atoms with Gasteiger partial charge in [0.1, 0.15) is 0 Å². The first-order chi connectivity index (χ1) is 13.3. The van der Waals surface area contributed by atoms with E-state index >= 15 is 0 Å². The Morgan fingerprint density at radius 3 is 1.63 bits per heavy atom. The van der Waals surface area contributed by atoms with Crippen LogP contribution in [0.5, 0.6) is 0 Å². The minimum Gasteiger partial charge on any atom is -0.136 e. The number of hydrogen-bond acceptors (Lipinski definition) is 1. The lowest BCUT2D eigenvalue weighted by Gasteiger charge is -2.03. The Kier molecular flexibility index (Phi) is 15.5. The summed E-state index contributed by atoms with van der Waals surface area (Å²) < 4.78 is 0. The van der Waals surface area contributed by atoms with E-state index in [-0.39, 0.29) is 0 Å². The van der Waals surface area contributed by atoms with Crippen molar-refractivity contribution in [3.05, 3.63) is 33.5 Å². The van der Waals surface area contributed by atoms with E-state index in [0.29, 0.717) is 0 Å². The zero-order chi connectivity index (χ0) is 19.6. The SMILES string of the molecule is C/C=C/c1cc(CCCCCCCCCCCCCCCC)c(/C=C/C)s1. The third kappa shape index (κ3) is 12.3. The predicted octanol–water partition coefficient (Wildman–Crippen LogP) is 9.84. The number of thiophene rings is 1. The highest BCUT2D eigenvalue weighted by molar-refractivity contribution is 7.14. The average molecular weight is 389 g/mol. The molecular weight excluding hydrogens is 344 g/mol. The van der Waals surface area contributed by atoms with Crippen LogP contribution >= 0.6 is 11.3 Å². The lowest BCUT2D eigenvalue weighted by atomic mass is 10.0. The standard InChI is InChI=1S/C26H44S/c1-4-7-8-9-10-11-12-13-14-15-16-17-18-19-22-24-23-25(20-5-2)27-26(24)21-6-3/h5-6,20-21,23H,4,7-19,22H2,1-3H3/b20-5+,21-6+. The number of allylic oxidation sites excluding steroid dienone is 2. The Balaban J connectivity index is 2.00. The molecule has 0 spiro atoms. The van der Waals surface area contributed by atoms with Crippen molar-refractivity contribution in [2.24, 2.45) is 0 Å². The lowest BCUT2D eigenvalue weighted by molar-refractivity contribution is 0.535. The third-order valence-electron chi connectivity index (χ3n) is 5.31. The molecule has 1 aromatic rings. The molecule has 0 atom stereocenters. The molecule has 0 aromatic carbocycles. The fourth-order valence-electron chi connectivity index (χ4n) is 3.71. The normalized spacial score (nSPS) is 12.0. The van der Waals surface area contributed by atoms with Crippen molar-refractivity contribution in [2.75, 3.05) is 0 Å². The molecule has 0 saturated carbocycles. The van der Waals surface area contributed by atoms with E-state index in [1.54, 1.807) is 5.56 Å². The van der Waals surface area contributed by atoms with E-state index in [0.717, 1.165) is 0 Å². The first-order valence-electron chi connectivity index (χ1n) is 11.7. The quantitative estimate of drug-likeness (QED) is 0.233. The van der Waals surface area contributed by atoms with Gasteiger partial charge in [0, 0.05) is 9.75 Å². The summed E-state index contributed by atoms with van der Waals surface area (Å²) in [7, 11) is 0. The number of aryl methyl sites for hydroxylation is 1. The van der Waals surface area contributed by atoms with Crippen molar-refractivity contribution in [2.45, 2.75) is 117 Å². The highest BCUT2D eigenvalue weighted by Crippen LogP contribution is 2.27. The molecule has 0 radical (unpaired) electrons. The summed E-state index contributed by atoms with van der Waals surface area (Å²) in [6.45, 7) is 6.51. The van der Waals surface area contributed by atoms with Crippen LogP contribution in [0.1, 0.15) is 126 Å². The van der Waals surface area contributed by atoms with Gasteiger partial charge in [0.2, 0.25) is 0 Å². The van der Waals surface area contributed by atoms with Gasteiger partial charge in [-0.25, -0.2) is 0 Å². The molecule has 154 valence electrons. The molecule has 1 heteroatoms. The van der Waals surface area contributed by atoms with Crippen LogP contribution in [0.25, 0.3) is 12.2 Å². The third-order valence-corrected chi connectivity index (χ3v) is 6.42. The van der Waals surface area contributed by atoms with E-state index < -0.39 is 0 Å². The van der Waals surface area contributed by atoms with Crippen molar-refractivity contribution >= 4 is 23.5 Å². The van der Waals surface area contributed by atoms with Crippen molar-refractivity contribution < 1.29 is 0 Å². The van der Waals surface area contributed by atoms with Crippen LogP contribution in [0.15, 0.2) is 18.2 Å². The molecule has 0 unspecified atom stereocenters. The Bertz CT molecular complexity index is 506. The van der Waals surface area contributed by atoms with Gasteiger partial charge < -0.3 is 0 Å². The number of rotatable bonds is 17. The van der Waals surface area contributed by atoms with Gasteiger partial charge in [-0.2, -0.15) is 0 Å². The van der Waals surface area contributed by atoms with Gasteiger partial charge in [-0.1, -0.05) is 103 Å². The van der Waals surface area contributed by atoms with Crippen molar-refractivity contribution in [1.29, 1.82) is 0 Å². The monoisotopic (exact) mass is 388 g/mol. The van der Waals surface area contributed by atoms with E-state index in [1.807, 2.05) is 11.3 Å². The highest BCUT2D eigenvalue weighted by Gasteiger charge is 2.05. The van der Waals surface area contributed by atoms with Gasteiger partial charge in [-0.05, 0) is 50.5 Å². The summed E-state index contributed by atoms with van der Waals surface area (Å²) in [5, 5.41) is 0. The van der Waals surface area contributed by atoms with Crippen LogP contribution in [0, 0.1) is 0 Å². The minimum absolute atomic E-state index is 1.24. The van der Waals surface area contributed by atoms with Crippen molar-refractivity contribution in [3.63, 3.8) is 0 Å². The van der Waals surface area contributed by atoms with Crippen molar-refractivity contribution in [3.8, 4) is 0 Å². The maximum atomic E-state index is 2.39. The molecule has 0 N–H and O–H groups in total. The summed E-state index contributed by atoms with van der Waals surface area (Å²) in [5.74, 6) is 0. The molecule has 0 aliphatic heterocycles. The fraction of sp³-hybridized carbons (Fsp3) is 0.692. The Labute approximate surface area is 174 Å². The number of unbranched alkanes of at least 4 members (excludes halogenated alkanes) is 13. The zero-order valence-corrected chi connectivity index (χ0v) is 19.2. The van der Waals surface area contributed by atoms with E-state index in [4.69, 9.17) is 0 Å². The van der Waals surface area contributed by atoms with Crippen LogP contribution in [-0.4, -0.2) is 0 Å². The first kappa shape index (κ1) is 24.2. The van der Waals surface area contributed by atoms with E-state index in [1.165, 1.54) is 106 Å². The molecule has 1 heterocycles. The Hall–Kier alpha value is -0.820.